The van der Waals surface area contributed by atoms with Crippen LogP contribution in [-0.2, 0) is 6.61 Å². The molecule has 0 spiro atoms. The van der Waals surface area contributed by atoms with E-state index in [9.17, 15) is 0 Å². The zero-order valence-electron chi connectivity index (χ0n) is 14.2. The van der Waals surface area contributed by atoms with Gasteiger partial charge in [-0.15, -0.1) is 0 Å². The lowest BCUT2D eigenvalue weighted by molar-refractivity contribution is 0.306. The first-order valence-corrected chi connectivity index (χ1v) is 7.95. The first kappa shape index (κ1) is 16.1. The van der Waals surface area contributed by atoms with Gasteiger partial charge in [-0.05, 0) is 66.4 Å². The highest BCUT2D eigenvalue weighted by Crippen LogP contribution is 2.29. The standard InChI is InChI=1S/C21H21NO2/c1-15-4-7-19(12-20(15)21-13-22-11-10-16(21)2)24-14-17-5-8-18(23-3)9-6-17/h4-13H,14H2,1-3H3. The first-order chi connectivity index (χ1) is 11.7. The molecule has 0 radical (unpaired) electrons. The normalized spacial score (nSPS) is 10.5. The number of nitrogens with zero attached hydrogens (tertiary/aromatic N) is 1. The van der Waals surface area contributed by atoms with Crippen LogP contribution in [0.5, 0.6) is 11.5 Å². The van der Waals surface area contributed by atoms with Crippen LogP contribution in [-0.4, -0.2) is 12.1 Å². The average Bonchev–Trinajstić information content (AvgIpc) is 2.62. The van der Waals surface area contributed by atoms with E-state index in [1.54, 1.807) is 7.11 Å². The van der Waals surface area contributed by atoms with Crippen molar-refractivity contribution in [2.24, 2.45) is 0 Å². The number of ether oxygens (including phenoxy) is 2. The third-order valence-corrected chi connectivity index (χ3v) is 4.10. The Morgan fingerprint density at radius 3 is 2.25 bits per heavy atom. The molecule has 1 aromatic heterocycles. The topological polar surface area (TPSA) is 31.4 Å². The molecule has 3 rings (SSSR count). The third-order valence-electron chi connectivity index (χ3n) is 4.10. The quantitative estimate of drug-likeness (QED) is 0.666. The van der Waals surface area contributed by atoms with Crippen molar-refractivity contribution in [3.63, 3.8) is 0 Å². The van der Waals surface area contributed by atoms with Gasteiger partial charge in [-0.1, -0.05) is 18.2 Å². The minimum absolute atomic E-state index is 0.526. The second-order valence-electron chi connectivity index (χ2n) is 5.80. The molecular weight excluding hydrogens is 298 g/mol. The van der Waals surface area contributed by atoms with Crippen molar-refractivity contribution in [3.05, 3.63) is 77.6 Å². The highest BCUT2D eigenvalue weighted by atomic mass is 16.5. The van der Waals surface area contributed by atoms with Crippen LogP contribution in [0.25, 0.3) is 11.1 Å². The summed E-state index contributed by atoms with van der Waals surface area (Å²) in [6, 6.07) is 16.1. The lowest BCUT2D eigenvalue weighted by Gasteiger charge is -2.12. The molecule has 0 aliphatic heterocycles. The lowest BCUT2D eigenvalue weighted by Crippen LogP contribution is -1.97. The van der Waals surface area contributed by atoms with Crippen LogP contribution in [0.3, 0.4) is 0 Å². The number of hydrogen-bond acceptors (Lipinski definition) is 3. The van der Waals surface area contributed by atoms with Gasteiger partial charge in [-0.25, -0.2) is 0 Å². The Labute approximate surface area is 142 Å². The van der Waals surface area contributed by atoms with E-state index in [2.05, 4.69) is 31.0 Å². The molecule has 0 bridgehead atoms. The highest BCUT2D eigenvalue weighted by molar-refractivity contribution is 5.70. The predicted octanol–water partition coefficient (Wildman–Crippen LogP) is 4.95. The van der Waals surface area contributed by atoms with Crippen molar-refractivity contribution in [3.8, 4) is 22.6 Å². The van der Waals surface area contributed by atoms with E-state index in [0.717, 1.165) is 28.2 Å². The van der Waals surface area contributed by atoms with E-state index in [4.69, 9.17) is 9.47 Å². The SMILES string of the molecule is COc1ccc(COc2ccc(C)c(-c3cnccc3C)c2)cc1. The second-order valence-corrected chi connectivity index (χ2v) is 5.80. The van der Waals surface area contributed by atoms with E-state index in [-0.39, 0.29) is 0 Å². The molecule has 2 aromatic carbocycles. The molecule has 3 nitrogen and oxygen atoms in total. The Balaban J connectivity index is 1.79. The zero-order chi connectivity index (χ0) is 16.9. The fourth-order valence-corrected chi connectivity index (χ4v) is 2.62. The summed E-state index contributed by atoms with van der Waals surface area (Å²) in [5, 5.41) is 0. The van der Waals surface area contributed by atoms with Crippen LogP contribution >= 0.6 is 0 Å². The largest absolute Gasteiger partial charge is 0.497 e. The summed E-state index contributed by atoms with van der Waals surface area (Å²) in [5.74, 6) is 1.71. The van der Waals surface area contributed by atoms with Gasteiger partial charge in [0.15, 0.2) is 0 Å². The Morgan fingerprint density at radius 1 is 0.833 bits per heavy atom. The molecule has 1 heterocycles. The fraction of sp³-hybridized carbons (Fsp3) is 0.190. The van der Waals surface area contributed by atoms with E-state index in [1.165, 1.54) is 11.1 Å². The Hall–Kier alpha value is -2.81. The number of hydrogen-bond donors (Lipinski definition) is 0. The van der Waals surface area contributed by atoms with Crippen LogP contribution in [0, 0.1) is 13.8 Å². The van der Waals surface area contributed by atoms with Gasteiger partial charge in [0, 0.05) is 18.0 Å². The molecular formula is C21H21NO2. The second kappa shape index (κ2) is 7.18. The summed E-state index contributed by atoms with van der Waals surface area (Å²) < 4.78 is 11.1. The Bertz CT molecular complexity index is 825. The highest BCUT2D eigenvalue weighted by Gasteiger charge is 2.07. The third kappa shape index (κ3) is 3.57. The number of aromatic nitrogens is 1. The van der Waals surface area contributed by atoms with Crippen LogP contribution in [0.4, 0.5) is 0 Å². The van der Waals surface area contributed by atoms with Crippen LogP contribution in [0.1, 0.15) is 16.7 Å². The number of rotatable bonds is 5. The van der Waals surface area contributed by atoms with E-state index in [1.807, 2.05) is 48.8 Å². The summed E-state index contributed by atoms with van der Waals surface area (Å²) in [7, 11) is 1.67. The van der Waals surface area contributed by atoms with Crippen molar-refractivity contribution in [1.29, 1.82) is 0 Å². The summed E-state index contributed by atoms with van der Waals surface area (Å²) in [4.78, 5) is 4.25. The summed E-state index contributed by atoms with van der Waals surface area (Å²) in [6.45, 7) is 4.73. The monoisotopic (exact) mass is 319 g/mol. The number of methoxy groups -OCH3 is 1. The van der Waals surface area contributed by atoms with Gasteiger partial charge >= 0.3 is 0 Å². The number of aryl methyl sites for hydroxylation is 2. The molecule has 24 heavy (non-hydrogen) atoms. The first-order valence-electron chi connectivity index (χ1n) is 7.95. The number of benzene rings is 2. The molecule has 0 N–H and O–H groups in total. The lowest BCUT2D eigenvalue weighted by atomic mass is 9.98. The van der Waals surface area contributed by atoms with E-state index in [0.29, 0.717) is 6.61 Å². The molecule has 0 fully saturated rings. The van der Waals surface area contributed by atoms with Gasteiger partial charge in [0.05, 0.1) is 7.11 Å². The summed E-state index contributed by atoms with van der Waals surface area (Å²) in [6.07, 6.45) is 3.73. The molecule has 0 amide bonds. The van der Waals surface area contributed by atoms with Gasteiger partial charge in [0.2, 0.25) is 0 Å². The predicted molar refractivity (Wildman–Crippen MR) is 96.5 cm³/mol. The van der Waals surface area contributed by atoms with E-state index < -0.39 is 0 Å². The van der Waals surface area contributed by atoms with Gasteiger partial charge in [0.1, 0.15) is 18.1 Å². The summed E-state index contributed by atoms with van der Waals surface area (Å²) in [5.41, 5.74) is 5.83. The maximum atomic E-state index is 5.96. The van der Waals surface area contributed by atoms with Gasteiger partial charge in [0.25, 0.3) is 0 Å². The molecule has 3 aromatic rings. The molecule has 0 atom stereocenters. The van der Waals surface area contributed by atoms with Crippen LogP contribution in [0.15, 0.2) is 60.9 Å². The Morgan fingerprint density at radius 2 is 1.54 bits per heavy atom. The van der Waals surface area contributed by atoms with Crippen LogP contribution in [0.2, 0.25) is 0 Å². The molecule has 0 aliphatic rings. The number of pyridine rings is 1. The van der Waals surface area contributed by atoms with Crippen molar-refractivity contribution in [1.82, 2.24) is 4.98 Å². The Kier molecular flexibility index (Phi) is 4.80. The van der Waals surface area contributed by atoms with Crippen molar-refractivity contribution in [2.45, 2.75) is 20.5 Å². The van der Waals surface area contributed by atoms with Gasteiger partial charge < -0.3 is 9.47 Å². The van der Waals surface area contributed by atoms with Crippen LogP contribution < -0.4 is 9.47 Å². The average molecular weight is 319 g/mol. The van der Waals surface area contributed by atoms with Crippen molar-refractivity contribution >= 4 is 0 Å². The molecule has 0 unspecified atom stereocenters. The molecule has 0 saturated heterocycles. The molecule has 0 aliphatic carbocycles. The molecule has 122 valence electrons. The maximum Gasteiger partial charge on any atom is 0.120 e. The smallest absolute Gasteiger partial charge is 0.120 e. The van der Waals surface area contributed by atoms with Crippen molar-refractivity contribution in [2.75, 3.05) is 7.11 Å². The maximum absolute atomic E-state index is 5.96. The minimum Gasteiger partial charge on any atom is -0.497 e. The fourth-order valence-electron chi connectivity index (χ4n) is 2.62. The molecule has 0 saturated carbocycles. The zero-order valence-corrected chi connectivity index (χ0v) is 14.2. The molecule has 3 heteroatoms. The van der Waals surface area contributed by atoms with Crippen molar-refractivity contribution < 1.29 is 9.47 Å². The summed E-state index contributed by atoms with van der Waals surface area (Å²) >= 11 is 0. The van der Waals surface area contributed by atoms with Gasteiger partial charge in [-0.3, -0.25) is 4.98 Å². The minimum atomic E-state index is 0.526. The van der Waals surface area contributed by atoms with Gasteiger partial charge in [-0.2, -0.15) is 0 Å². The van der Waals surface area contributed by atoms with E-state index >= 15 is 0 Å².